The molecule has 5 rings (SSSR count). The van der Waals surface area contributed by atoms with Gasteiger partial charge < -0.3 is 14.8 Å². The van der Waals surface area contributed by atoms with Gasteiger partial charge in [0.05, 0.1) is 24.0 Å². The van der Waals surface area contributed by atoms with Gasteiger partial charge in [0, 0.05) is 30.0 Å². The minimum atomic E-state index is -0.233. The molecule has 7 heteroatoms. The molecule has 160 valence electrons. The highest BCUT2D eigenvalue weighted by Gasteiger charge is 2.42. The first-order valence-corrected chi connectivity index (χ1v) is 10.8. The minimum Gasteiger partial charge on any atom is -0.351 e. The van der Waals surface area contributed by atoms with Crippen molar-refractivity contribution in [1.82, 2.24) is 19.9 Å². The van der Waals surface area contributed by atoms with E-state index in [0.29, 0.717) is 17.2 Å². The van der Waals surface area contributed by atoms with Crippen molar-refractivity contribution in [3.63, 3.8) is 0 Å². The molecule has 2 atom stereocenters. The van der Waals surface area contributed by atoms with Gasteiger partial charge in [-0.05, 0) is 79.3 Å². The Kier molecular flexibility index (Phi) is 5.41. The van der Waals surface area contributed by atoms with Crippen LogP contribution in [0.2, 0.25) is 0 Å². The van der Waals surface area contributed by atoms with Crippen molar-refractivity contribution in [2.75, 3.05) is 4.90 Å². The van der Waals surface area contributed by atoms with Gasteiger partial charge in [-0.25, -0.2) is 4.39 Å². The highest BCUT2D eigenvalue weighted by atomic mass is 32.1. The summed E-state index contributed by atoms with van der Waals surface area (Å²) in [5.41, 5.74) is 4.36. The number of benzene rings is 1. The van der Waals surface area contributed by atoms with Gasteiger partial charge in [-0.3, -0.25) is 9.97 Å². The summed E-state index contributed by atoms with van der Waals surface area (Å²) in [4.78, 5) is 11.1. The molecule has 0 saturated carbocycles. The first-order chi connectivity index (χ1) is 15.6. The number of thiocarbonyl (C=S) groups is 1. The third kappa shape index (κ3) is 3.76. The van der Waals surface area contributed by atoms with Crippen molar-refractivity contribution in [2.45, 2.75) is 25.6 Å². The molecule has 1 N–H and O–H groups in total. The van der Waals surface area contributed by atoms with Crippen molar-refractivity contribution >= 4 is 23.0 Å². The quantitative estimate of drug-likeness (QED) is 0.442. The molecular weight excluding hydrogens is 421 g/mol. The summed E-state index contributed by atoms with van der Waals surface area (Å²) in [6.45, 7) is 2.40. The number of nitrogens with one attached hydrogen (secondary N) is 1. The fraction of sp³-hybridized carbons (Fsp3) is 0.160. The van der Waals surface area contributed by atoms with Gasteiger partial charge in [0.25, 0.3) is 0 Å². The summed E-state index contributed by atoms with van der Waals surface area (Å²) in [7, 11) is 0. The maximum Gasteiger partial charge on any atom is 0.174 e. The lowest BCUT2D eigenvalue weighted by atomic mass is 10.0. The van der Waals surface area contributed by atoms with E-state index in [1.54, 1.807) is 25.4 Å². The third-order valence-corrected chi connectivity index (χ3v) is 6.06. The summed E-state index contributed by atoms with van der Waals surface area (Å²) in [5, 5.41) is 4.04. The van der Waals surface area contributed by atoms with Crippen molar-refractivity contribution < 1.29 is 4.39 Å². The average molecular weight is 444 g/mol. The molecule has 1 aliphatic rings. The molecule has 0 aliphatic carbocycles. The second kappa shape index (κ2) is 8.51. The lowest BCUT2D eigenvalue weighted by Crippen LogP contribution is -2.30. The molecule has 32 heavy (non-hydrogen) atoms. The minimum absolute atomic E-state index is 0.161. The number of rotatable bonds is 5. The second-order valence-electron chi connectivity index (χ2n) is 7.81. The number of hydrogen-bond donors (Lipinski definition) is 1. The van der Waals surface area contributed by atoms with Crippen LogP contribution in [-0.4, -0.2) is 19.6 Å². The Bertz CT molecular complexity index is 1240. The number of nitrogens with zero attached hydrogens (tertiary/aromatic N) is 4. The van der Waals surface area contributed by atoms with Gasteiger partial charge >= 0.3 is 0 Å². The van der Waals surface area contributed by atoms with Crippen LogP contribution in [0.15, 0.2) is 85.3 Å². The Balaban J connectivity index is 1.61. The molecule has 0 bridgehead atoms. The predicted molar refractivity (Wildman–Crippen MR) is 127 cm³/mol. The van der Waals surface area contributed by atoms with E-state index >= 15 is 0 Å². The summed E-state index contributed by atoms with van der Waals surface area (Å²) < 4.78 is 16.2. The number of halogens is 1. The van der Waals surface area contributed by atoms with E-state index in [9.17, 15) is 4.39 Å². The molecule has 0 amide bonds. The summed E-state index contributed by atoms with van der Waals surface area (Å²) in [6.07, 6.45) is 5.64. The largest absolute Gasteiger partial charge is 0.351 e. The summed E-state index contributed by atoms with van der Waals surface area (Å²) in [6, 6.07) is 20.7. The second-order valence-corrected chi connectivity index (χ2v) is 8.20. The maximum absolute atomic E-state index is 14.0. The van der Waals surface area contributed by atoms with Gasteiger partial charge in [0.2, 0.25) is 0 Å². The van der Waals surface area contributed by atoms with E-state index in [2.05, 4.69) is 37.0 Å². The van der Waals surface area contributed by atoms with Crippen LogP contribution in [0.3, 0.4) is 0 Å². The third-order valence-electron chi connectivity index (χ3n) is 5.74. The standard InChI is InChI=1S/C25H22FN5S/c1-17-15-19(10-11-20(17)26)31-24(23(29-25(31)32)21-8-3-5-13-28-21)22-9-6-14-30(22)16-18-7-2-4-12-27-18/h2-15,23-24H,16H2,1H3,(H,29,32)/t23-,24-/m0/s1. The Morgan fingerprint density at radius 3 is 2.53 bits per heavy atom. The molecule has 0 radical (unpaired) electrons. The van der Waals surface area contributed by atoms with Crippen molar-refractivity contribution in [3.05, 3.63) is 114 Å². The number of aromatic nitrogens is 3. The number of anilines is 1. The topological polar surface area (TPSA) is 46.0 Å². The van der Waals surface area contributed by atoms with Crippen LogP contribution in [0.4, 0.5) is 10.1 Å². The predicted octanol–water partition coefficient (Wildman–Crippen LogP) is 4.95. The van der Waals surface area contributed by atoms with E-state index in [0.717, 1.165) is 22.8 Å². The Labute approximate surface area is 191 Å². The normalized spacial score (nSPS) is 18.1. The van der Waals surface area contributed by atoms with Crippen LogP contribution in [0.1, 0.15) is 34.7 Å². The zero-order chi connectivity index (χ0) is 22.1. The van der Waals surface area contributed by atoms with Gasteiger partial charge in [-0.2, -0.15) is 0 Å². The monoisotopic (exact) mass is 443 g/mol. The molecule has 1 aromatic carbocycles. The van der Waals surface area contributed by atoms with Crippen LogP contribution >= 0.6 is 12.2 Å². The van der Waals surface area contributed by atoms with E-state index in [4.69, 9.17) is 12.2 Å². The Morgan fingerprint density at radius 1 is 1.00 bits per heavy atom. The number of hydrogen-bond acceptors (Lipinski definition) is 3. The zero-order valence-corrected chi connectivity index (χ0v) is 18.3. The van der Waals surface area contributed by atoms with Gasteiger partial charge in [-0.15, -0.1) is 0 Å². The van der Waals surface area contributed by atoms with Crippen molar-refractivity contribution in [3.8, 4) is 0 Å². The van der Waals surface area contributed by atoms with E-state index in [1.807, 2.05) is 48.5 Å². The van der Waals surface area contributed by atoms with Crippen LogP contribution in [-0.2, 0) is 6.54 Å². The van der Waals surface area contributed by atoms with Crippen LogP contribution in [0.25, 0.3) is 0 Å². The van der Waals surface area contributed by atoms with Gasteiger partial charge in [0.1, 0.15) is 11.9 Å². The van der Waals surface area contributed by atoms with E-state index < -0.39 is 0 Å². The first kappa shape index (κ1) is 20.3. The zero-order valence-electron chi connectivity index (χ0n) is 17.5. The van der Waals surface area contributed by atoms with Crippen LogP contribution in [0, 0.1) is 12.7 Å². The SMILES string of the molecule is Cc1cc(N2C(=S)N[C@@H](c3ccccn3)[C@@H]2c2cccn2Cc2ccccn2)ccc1F. The average Bonchev–Trinajstić information content (AvgIpc) is 3.40. The molecule has 1 aliphatic heterocycles. The summed E-state index contributed by atoms with van der Waals surface area (Å²) >= 11 is 5.77. The molecule has 5 nitrogen and oxygen atoms in total. The van der Waals surface area contributed by atoms with E-state index in [1.165, 1.54) is 6.07 Å². The van der Waals surface area contributed by atoms with Crippen molar-refractivity contribution in [2.24, 2.45) is 0 Å². The van der Waals surface area contributed by atoms with Crippen LogP contribution in [0.5, 0.6) is 0 Å². The lowest BCUT2D eigenvalue weighted by molar-refractivity contribution is 0.531. The smallest absolute Gasteiger partial charge is 0.174 e. The highest BCUT2D eigenvalue weighted by Crippen LogP contribution is 2.42. The van der Waals surface area contributed by atoms with E-state index in [-0.39, 0.29) is 17.9 Å². The number of aryl methyl sites for hydroxylation is 1. The van der Waals surface area contributed by atoms with Crippen molar-refractivity contribution in [1.29, 1.82) is 0 Å². The van der Waals surface area contributed by atoms with Gasteiger partial charge in [0.15, 0.2) is 5.11 Å². The molecule has 4 aromatic rings. The number of pyridine rings is 2. The molecule has 0 unspecified atom stereocenters. The highest BCUT2D eigenvalue weighted by molar-refractivity contribution is 7.80. The van der Waals surface area contributed by atoms with Crippen LogP contribution < -0.4 is 10.2 Å². The lowest BCUT2D eigenvalue weighted by Gasteiger charge is -2.29. The molecule has 4 heterocycles. The Hall–Kier alpha value is -3.58. The maximum atomic E-state index is 14.0. The fourth-order valence-corrected chi connectivity index (χ4v) is 4.56. The molecule has 1 fully saturated rings. The Morgan fingerprint density at radius 2 is 1.81 bits per heavy atom. The molecular formula is C25H22FN5S. The van der Waals surface area contributed by atoms with Gasteiger partial charge in [-0.1, -0.05) is 12.1 Å². The molecule has 0 spiro atoms. The fourth-order valence-electron chi connectivity index (χ4n) is 4.22. The summed E-state index contributed by atoms with van der Waals surface area (Å²) in [5.74, 6) is -0.233. The molecule has 3 aromatic heterocycles. The molecule has 1 saturated heterocycles. The first-order valence-electron chi connectivity index (χ1n) is 10.4.